The maximum absolute atomic E-state index is 13.5. The lowest BCUT2D eigenvalue weighted by Gasteiger charge is -2.29. The van der Waals surface area contributed by atoms with Crippen LogP contribution in [0.25, 0.3) is 0 Å². The third-order valence-corrected chi connectivity index (χ3v) is 5.17. The quantitative estimate of drug-likeness (QED) is 0.481. The Kier molecular flexibility index (Phi) is 7.09. The van der Waals surface area contributed by atoms with Crippen molar-refractivity contribution < 1.29 is 9.59 Å². The van der Waals surface area contributed by atoms with E-state index in [9.17, 15) is 9.59 Å². The first-order valence-corrected chi connectivity index (χ1v) is 9.93. The Balaban J connectivity index is 1.98. The van der Waals surface area contributed by atoms with Crippen LogP contribution in [0.5, 0.6) is 0 Å². The van der Waals surface area contributed by atoms with Gasteiger partial charge >= 0.3 is 0 Å². The number of hydrogen-bond donors (Lipinski definition) is 0. The van der Waals surface area contributed by atoms with Crippen molar-refractivity contribution in [3.05, 3.63) is 108 Å². The summed E-state index contributed by atoms with van der Waals surface area (Å²) in [6, 6.07) is 28.6. The lowest BCUT2D eigenvalue weighted by Crippen LogP contribution is -2.34. The Morgan fingerprint density at radius 2 is 1.21 bits per heavy atom. The van der Waals surface area contributed by atoms with Gasteiger partial charge in [-0.1, -0.05) is 91.0 Å². The van der Waals surface area contributed by atoms with Crippen molar-refractivity contribution in [1.82, 2.24) is 4.90 Å². The van der Waals surface area contributed by atoms with Crippen molar-refractivity contribution in [1.29, 1.82) is 0 Å². The normalized spacial score (nSPS) is 13.1. The van der Waals surface area contributed by atoms with Crippen molar-refractivity contribution in [2.45, 2.75) is 12.3 Å². The number of Topliss-reactive ketones (excluding diaryl/α,β-unsaturated/α-hetero) is 2. The van der Waals surface area contributed by atoms with Gasteiger partial charge in [-0.3, -0.25) is 9.59 Å². The molecule has 2 atom stereocenters. The third kappa shape index (κ3) is 5.49. The van der Waals surface area contributed by atoms with E-state index in [2.05, 4.69) is 0 Å². The zero-order valence-corrected chi connectivity index (χ0v) is 17.0. The molecule has 0 amide bonds. The summed E-state index contributed by atoms with van der Waals surface area (Å²) in [6.07, 6.45) is 0.297. The van der Waals surface area contributed by atoms with Gasteiger partial charge in [-0.05, 0) is 19.7 Å². The highest BCUT2D eigenvalue weighted by molar-refractivity contribution is 6.00. The molecule has 0 spiro atoms. The van der Waals surface area contributed by atoms with Gasteiger partial charge in [0.05, 0.1) is 0 Å². The summed E-state index contributed by atoms with van der Waals surface area (Å²) in [5.41, 5.74) is 2.39. The van der Waals surface area contributed by atoms with Gasteiger partial charge < -0.3 is 4.90 Å². The van der Waals surface area contributed by atoms with Crippen molar-refractivity contribution in [2.24, 2.45) is 5.92 Å². The minimum atomic E-state index is -0.317. The van der Waals surface area contributed by atoms with E-state index in [0.717, 1.165) is 5.56 Å². The van der Waals surface area contributed by atoms with Crippen LogP contribution in [0.15, 0.2) is 91.0 Å². The molecule has 0 radical (unpaired) electrons. The second kappa shape index (κ2) is 9.94. The SMILES string of the molecule is CN(C)CC(C(=O)c1ccccc1)C(CC(=O)c1ccccc1)c1ccccc1. The van der Waals surface area contributed by atoms with Gasteiger partial charge in [-0.2, -0.15) is 0 Å². The van der Waals surface area contributed by atoms with Crippen LogP contribution < -0.4 is 0 Å². The molecule has 0 saturated carbocycles. The molecule has 0 bridgehead atoms. The molecule has 148 valence electrons. The molecule has 3 rings (SSSR count). The molecule has 0 aliphatic rings. The van der Waals surface area contributed by atoms with Crippen LogP contribution in [0.3, 0.4) is 0 Å². The van der Waals surface area contributed by atoms with Crippen LogP contribution in [-0.2, 0) is 0 Å². The molecule has 29 heavy (non-hydrogen) atoms. The smallest absolute Gasteiger partial charge is 0.167 e. The number of rotatable bonds is 9. The zero-order valence-electron chi connectivity index (χ0n) is 17.0. The highest BCUT2D eigenvalue weighted by atomic mass is 16.1. The third-order valence-electron chi connectivity index (χ3n) is 5.17. The van der Waals surface area contributed by atoms with E-state index in [1.165, 1.54) is 0 Å². The van der Waals surface area contributed by atoms with Gasteiger partial charge in [-0.25, -0.2) is 0 Å². The second-order valence-electron chi connectivity index (χ2n) is 7.61. The van der Waals surface area contributed by atoms with Crippen molar-refractivity contribution in [3.63, 3.8) is 0 Å². The number of nitrogens with zero attached hydrogens (tertiary/aromatic N) is 1. The first-order chi connectivity index (χ1) is 14.1. The summed E-state index contributed by atoms with van der Waals surface area (Å²) in [5, 5.41) is 0. The lowest BCUT2D eigenvalue weighted by molar-refractivity contribution is 0.0849. The van der Waals surface area contributed by atoms with Gasteiger partial charge in [0.25, 0.3) is 0 Å². The lowest BCUT2D eigenvalue weighted by atomic mass is 9.77. The molecule has 3 aromatic carbocycles. The first kappa shape index (κ1) is 20.7. The predicted octanol–water partition coefficient (Wildman–Crippen LogP) is 5.10. The average molecular weight is 386 g/mol. The van der Waals surface area contributed by atoms with E-state index in [1.54, 1.807) is 0 Å². The molecule has 3 aromatic rings. The Bertz CT molecular complexity index is 921. The Morgan fingerprint density at radius 1 is 0.724 bits per heavy atom. The fourth-order valence-corrected chi connectivity index (χ4v) is 3.74. The molecule has 0 aliphatic heterocycles. The van der Waals surface area contributed by atoms with Crippen molar-refractivity contribution >= 4 is 11.6 Å². The van der Waals surface area contributed by atoms with E-state index in [0.29, 0.717) is 24.1 Å². The van der Waals surface area contributed by atoms with Gasteiger partial charge in [0.1, 0.15) is 0 Å². The highest BCUT2D eigenvalue weighted by Crippen LogP contribution is 2.32. The minimum absolute atomic E-state index is 0.0593. The fourth-order valence-electron chi connectivity index (χ4n) is 3.74. The molecule has 3 nitrogen and oxygen atoms in total. The number of ketones is 2. The molecule has 0 heterocycles. The van der Waals surface area contributed by atoms with Crippen LogP contribution in [0.4, 0.5) is 0 Å². The predicted molar refractivity (Wildman–Crippen MR) is 117 cm³/mol. The first-order valence-electron chi connectivity index (χ1n) is 9.93. The van der Waals surface area contributed by atoms with Crippen molar-refractivity contribution in [2.75, 3.05) is 20.6 Å². The van der Waals surface area contributed by atoms with Crippen molar-refractivity contribution in [3.8, 4) is 0 Å². The number of carbonyl (C=O) groups is 2. The summed E-state index contributed by atoms with van der Waals surface area (Å²) in [5.74, 6) is -0.375. The number of benzene rings is 3. The molecular weight excluding hydrogens is 358 g/mol. The van der Waals surface area contributed by atoms with E-state index >= 15 is 0 Å². The van der Waals surface area contributed by atoms with Crippen LogP contribution in [0, 0.1) is 5.92 Å². The summed E-state index contributed by atoms with van der Waals surface area (Å²) in [7, 11) is 3.93. The standard InChI is InChI=1S/C26H27NO2/c1-27(2)19-24(26(29)22-16-10-5-11-17-22)23(20-12-6-3-7-13-20)18-25(28)21-14-8-4-9-15-21/h3-17,23-24H,18-19H2,1-2H3. The highest BCUT2D eigenvalue weighted by Gasteiger charge is 2.32. The molecule has 0 aromatic heterocycles. The van der Waals surface area contributed by atoms with Crippen LogP contribution >= 0.6 is 0 Å². The summed E-state index contributed by atoms with van der Waals surface area (Å²) in [4.78, 5) is 28.6. The van der Waals surface area contributed by atoms with Crippen LogP contribution in [-0.4, -0.2) is 37.1 Å². The van der Waals surface area contributed by atoms with Gasteiger partial charge in [0.15, 0.2) is 11.6 Å². The number of hydrogen-bond acceptors (Lipinski definition) is 3. The largest absolute Gasteiger partial charge is 0.309 e. The van der Waals surface area contributed by atoms with Crippen LogP contribution in [0.2, 0.25) is 0 Å². The van der Waals surface area contributed by atoms with Crippen LogP contribution in [0.1, 0.15) is 38.6 Å². The second-order valence-corrected chi connectivity index (χ2v) is 7.61. The number of carbonyl (C=O) groups excluding carboxylic acids is 2. The molecule has 0 aliphatic carbocycles. The van der Waals surface area contributed by atoms with Gasteiger partial charge in [0.2, 0.25) is 0 Å². The Labute approximate surface area is 173 Å². The summed E-state index contributed by atoms with van der Waals surface area (Å²) < 4.78 is 0. The average Bonchev–Trinajstić information content (AvgIpc) is 2.77. The minimum Gasteiger partial charge on any atom is -0.309 e. The van der Waals surface area contributed by atoms with E-state index < -0.39 is 0 Å². The Hall–Kier alpha value is -3.04. The molecule has 3 heteroatoms. The fraction of sp³-hybridized carbons (Fsp3) is 0.231. The summed E-state index contributed by atoms with van der Waals surface area (Å²) >= 11 is 0. The summed E-state index contributed by atoms with van der Waals surface area (Å²) in [6.45, 7) is 0.579. The zero-order chi connectivity index (χ0) is 20.6. The monoisotopic (exact) mass is 385 g/mol. The molecule has 0 saturated heterocycles. The van der Waals surface area contributed by atoms with E-state index in [4.69, 9.17) is 0 Å². The maximum Gasteiger partial charge on any atom is 0.167 e. The molecule has 0 fully saturated rings. The Morgan fingerprint density at radius 3 is 1.72 bits per heavy atom. The topological polar surface area (TPSA) is 37.4 Å². The molecule has 0 N–H and O–H groups in total. The van der Waals surface area contributed by atoms with Gasteiger partial charge in [0, 0.05) is 35.9 Å². The molecule has 2 unspecified atom stereocenters. The van der Waals surface area contributed by atoms with E-state index in [-0.39, 0.29) is 23.4 Å². The van der Waals surface area contributed by atoms with Gasteiger partial charge in [-0.15, -0.1) is 0 Å². The maximum atomic E-state index is 13.5. The van der Waals surface area contributed by atoms with E-state index in [1.807, 2.05) is 110 Å². The molecular formula is C26H27NO2.